The van der Waals surface area contributed by atoms with Gasteiger partial charge in [-0.1, -0.05) is 39.8 Å². The molecule has 37 heavy (non-hydrogen) atoms. The molecule has 1 aliphatic carbocycles. The molecule has 0 unspecified atom stereocenters. The molecule has 0 atom stereocenters. The fourth-order valence-electron chi connectivity index (χ4n) is 4.89. The minimum Gasteiger partial charge on any atom is -0.337 e. The molecule has 2 aromatic carbocycles. The van der Waals surface area contributed by atoms with Crippen molar-refractivity contribution in [2.24, 2.45) is 11.3 Å². The van der Waals surface area contributed by atoms with Gasteiger partial charge in [-0.15, -0.1) is 0 Å². The van der Waals surface area contributed by atoms with Crippen molar-refractivity contribution >= 4 is 17.4 Å². The number of aromatic nitrogens is 2. The molecule has 0 N–H and O–H groups in total. The van der Waals surface area contributed by atoms with Gasteiger partial charge in [0.2, 0.25) is 0 Å². The molecule has 0 spiro atoms. The molecule has 8 nitrogen and oxygen atoms in total. The topological polar surface area (TPSA) is 98.3 Å². The monoisotopic (exact) mass is 506 g/mol. The van der Waals surface area contributed by atoms with Crippen LogP contribution in [-0.4, -0.2) is 38.3 Å². The number of halogens is 1. The summed E-state index contributed by atoms with van der Waals surface area (Å²) >= 11 is 0. The van der Waals surface area contributed by atoms with Crippen molar-refractivity contribution in [1.82, 2.24) is 14.7 Å². The van der Waals surface area contributed by atoms with E-state index in [-0.39, 0.29) is 46.4 Å². The first-order valence-corrected chi connectivity index (χ1v) is 12.3. The molecule has 0 fully saturated rings. The smallest absolute Gasteiger partial charge is 0.295 e. The third-order valence-corrected chi connectivity index (χ3v) is 6.55. The molecule has 194 valence electrons. The molecule has 1 aromatic heterocycles. The van der Waals surface area contributed by atoms with Crippen LogP contribution < -0.4 is 0 Å². The molecule has 0 bridgehead atoms. The Hall–Kier alpha value is -3.88. The molecule has 1 aliphatic rings. The van der Waals surface area contributed by atoms with E-state index in [1.165, 1.54) is 39.9 Å². The summed E-state index contributed by atoms with van der Waals surface area (Å²) < 4.78 is 14.7. The molecule has 1 heterocycles. The Morgan fingerprint density at radius 2 is 1.86 bits per heavy atom. The van der Waals surface area contributed by atoms with Gasteiger partial charge in [-0.25, -0.2) is 9.07 Å². The van der Waals surface area contributed by atoms with Gasteiger partial charge in [-0.3, -0.25) is 19.7 Å². The van der Waals surface area contributed by atoms with E-state index in [9.17, 15) is 24.1 Å². The highest BCUT2D eigenvalue weighted by atomic mass is 19.1. The second-order valence-corrected chi connectivity index (χ2v) is 11.0. The largest absolute Gasteiger partial charge is 0.337 e. The lowest BCUT2D eigenvalue weighted by Gasteiger charge is -2.29. The van der Waals surface area contributed by atoms with Crippen LogP contribution in [0.25, 0.3) is 5.69 Å². The summed E-state index contributed by atoms with van der Waals surface area (Å²) in [5.41, 5.74) is 2.44. The number of carbonyl (C=O) groups is 2. The first kappa shape index (κ1) is 26.2. The molecule has 1 amide bonds. The number of benzene rings is 2. The minimum atomic E-state index is -0.530. The number of nitro groups is 1. The maximum atomic E-state index is 13.2. The van der Waals surface area contributed by atoms with Gasteiger partial charge in [0.25, 0.3) is 11.6 Å². The van der Waals surface area contributed by atoms with E-state index >= 15 is 0 Å². The predicted molar refractivity (Wildman–Crippen MR) is 137 cm³/mol. The molecule has 3 aromatic rings. The van der Waals surface area contributed by atoms with E-state index in [1.54, 1.807) is 19.2 Å². The van der Waals surface area contributed by atoms with E-state index < -0.39 is 10.8 Å². The third-order valence-electron chi connectivity index (χ3n) is 6.55. The SMILES string of the molecule is CC(C)Cc1nn(-c2ccc(C(=O)N(C)Cc3ccc(F)cc3)cc2[N+](=O)[O-])c2c1C(=O)CC(C)(C)C2. The lowest BCUT2D eigenvalue weighted by Crippen LogP contribution is -2.28. The summed E-state index contributed by atoms with van der Waals surface area (Å²) in [6.07, 6.45) is 1.53. The van der Waals surface area contributed by atoms with Gasteiger partial charge < -0.3 is 4.90 Å². The summed E-state index contributed by atoms with van der Waals surface area (Å²) in [7, 11) is 1.58. The summed E-state index contributed by atoms with van der Waals surface area (Å²) in [5, 5.41) is 16.8. The number of carbonyl (C=O) groups excluding carboxylic acids is 2. The van der Waals surface area contributed by atoms with E-state index in [2.05, 4.69) is 0 Å². The van der Waals surface area contributed by atoms with E-state index in [0.29, 0.717) is 36.2 Å². The number of amides is 1. The molecule has 0 saturated carbocycles. The minimum absolute atomic E-state index is 0.00465. The van der Waals surface area contributed by atoms with Crippen LogP contribution in [0.4, 0.5) is 10.1 Å². The Balaban J connectivity index is 1.74. The zero-order valence-electron chi connectivity index (χ0n) is 21.7. The quantitative estimate of drug-likeness (QED) is 0.309. The molecular weight excluding hydrogens is 475 g/mol. The second-order valence-electron chi connectivity index (χ2n) is 11.0. The number of hydrogen-bond acceptors (Lipinski definition) is 5. The Labute approximate surface area is 215 Å². The average molecular weight is 507 g/mol. The number of hydrogen-bond donors (Lipinski definition) is 0. The Morgan fingerprint density at radius 3 is 2.49 bits per heavy atom. The van der Waals surface area contributed by atoms with Crippen molar-refractivity contribution in [3.05, 3.63) is 86.5 Å². The maximum absolute atomic E-state index is 13.2. The van der Waals surface area contributed by atoms with Gasteiger partial charge in [0.15, 0.2) is 5.78 Å². The highest BCUT2D eigenvalue weighted by Gasteiger charge is 2.37. The van der Waals surface area contributed by atoms with Crippen LogP contribution in [0.5, 0.6) is 0 Å². The molecule has 4 rings (SSSR count). The summed E-state index contributed by atoms with van der Waals surface area (Å²) in [6, 6.07) is 10.1. The van der Waals surface area contributed by atoms with Crippen molar-refractivity contribution in [2.75, 3.05) is 7.05 Å². The zero-order chi connectivity index (χ0) is 27.1. The number of ketones is 1. The third kappa shape index (κ3) is 5.45. The van der Waals surface area contributed by atoms with Crippen LogP contribution in [-0.2, 0) is 19.4 Å². The van der Waals surface area contributed by atoms with Crippen LogP contribution in [0, 0.1) is 27.3 Å². The second kappa shape index (κ2) is 9.88. The molecular formula is C28H31FN4O4. The average Bonchev–Trinajstić information content (AvgIpc) is 3.15. The molecule has 0 radical (unpaired) electrons. The molecule has 0 saturated heterocycles. The van der Waals surface area contributed by atoms with Crippen molar-refractivity contribution in [3.63, 3.8) is 0 Å². The van der Waals surface area contributed by atoms with Gasteiger partial charge in [-0.05, 0) is 54.0 Å². The standard InChI is InChI=1S/C28H31FN4O4/c1-17(2)12-21-26-24(14-28(3,4)15-25(26)34)32(30-21)22-11-8-19(13-23(22)33(36)37)27(35)31(5)16-18-6-9-20(29)10-7-18/h6-11,13,17H,12,14-16H2,1-5H3. The van der Waals surface area contributed by atoms with Gasteiger partial charge >= 0.3 is 0 Å². The Kier molecular flexibility index (Phi) is 6.99. The van der Waals surface area contributed by atoms with Crippen LogP contribution >= 0.6 is 0 Å². The van der Waals surface area contributed by atoms with E-state index in [4.69, 9.17) is 5.10 Å². The molecule has 0 aliphatic heterocycles. The number of fused-ring (bicyclic) bond motifs is 1. The highest BCUT2D eigenvalue weighted by molar-refractivity contribution is 6.00. The first-order valence-electron chi connectivity index (χ1n) is 12.3. The van der Waals surface area contributed by atoms with Gasteiger partial charge in [0.05, 0.1) is 21.9 Å². The van der Waals surface area contributed by atoms with Crippen LogP contribution in [0.1, 0.15) is 71.8 Å². The van der Waals surface area contributed by atoms with Crippen molar-refractivity contribution < 1.29 is 18.9 Å². The zero-order valence-corrected chi connectivity index (χ0v) is 21.7. The summed E-state index contributed by atoms with van der Waals surface area (Å²) in [4.78, 5) is 39.2. The lowest BCUT2D eigenvalue weighted by atomic mass is 9.75. The molecule has 9 heteroatoms. The Morgan fingerprint density at radius 1 is 1.19 bits per heavy atom. The Bertz CT molecular complexity index is 1380. The van der Waals surface area contributed by atoms with Crippen LogP contribution in [0.2, 0.25) is 0 Å². The number of rotatable bonds is 7. The van der Waals surface area contributed by atoms with Crippen LogP contribution in [0.3, 0.4) is 0 Å². The van der Waals surface area contributed by atoms with Crippen molar-refractivity contribution in [1.29, 1.82) is 0 Å². The van der Waals surface area contributed by atoms with Gasteiger partial charge in [0, 0.05) is 31.6 Å². The number of nitro benzene ring substituents is 1. The highest BCUT2D eigenvalue weighted by Crippen LogP contribution is 2.39. The normalized spacial score (nSPS) is 14.5. The summed E-state index contributed by atoms with van der Waals surface area (Å²) in [6.45, 7) is 8.29. The number of nitrogens with zero attached hydrogens (tertiary/aromatic N) is 4. The maximum Gasteiger partial charge on any atom is 0.295 e. The van der Waals surface area contributed by atoms with Crippen molar-refractivity contribution in [3.8, 4) is 5.69 Å². The lowest BCUT2D eigenvalue weighted by molar-refractivity contribution is -0.384. The van der Waals surface area contributed by atoms with E-state index in [1.807, 2.05) is 27.7 Å². The van der Waals surface area contributed by atoms with Crippen LogP contribution in [0.15, 0.2) is 42.5 Å². The predicted octanol–water partition coefficient (Wildman–Crippen LogP) is 5.55. The van der Waals surface area contributed by atoms with E-state index in [0.717, 1.165) is 5.56 Å². The first-order chi connectivity index (χ1) is 17.4. The fourth-order valence-corrected chi connectivity index (χ4v) is 4.89. The van der Waals surface area contributed by atoms with Crippen molar-refractivity contribution in [2.45, 2.75) is 53.5 Å². The summed E-state index contributed by atoms with van der Waals surface area (Å²) in [5.74, 6) is -0.517. The van der Waals surface area contributed by atoms with Gasteiger partial charge in [0.1, 0.15) is 11.5 Å². The fraction of sp³-hybridized carbons (Fsp3) is 0.393. The van der Waals surface area contributed by atoms with Gasteiger partial charge in [-0.2, -0.15) is 5.10 Å². The number of Topliss-reactive ketones (excluding diaryl/α,β-unsaturated/α-hetero) is 1.